The molecule has 2 unspecified atom stereocenters. The van der Waals surface area contributed by atoms with E-state index in [4.69, 9.17) is 37.4 Å². The summed E-state index contributed by atoms with van der Waals surface area (Å²) in [6, 6.07) is 11.6. The van der Waals surface area contributed by atoms with E-state index in [1.807, 2.05) is 36.4 Å². The lowest BCUT2D eigenvalue weighted by Gasteiger charge is -2.36. The van der Waals surface area contributed by atoms with Crippen LogP contribution < -0.4 is 24.8 Å². The van der Waals surface area contributed by atoms with Gasteiger partial charge in [-0.1, -0.05) is 42.3 Å². The van der Waals surface area contributed by atoms with Crippen molar-refractivity contribution in [3.63, 3.8) is 0 Å². The Bertz CT molecular complexity index is 1250. The molecule has 0 saturated carbocycles. The molecule has 4 rings (SSSR count). The third-order valence-corrected chi connectivity index (χ3v) is 7.60. The van der Waals surface area contributed by atoms with Crippen LogP contribution in [0.1, 0.15) is 25.3 Å². The molecule has 2 N–H and O–H groups in total. The molecule has 0 spiro atoms. The molecule has 38 heavy (non-hydrogen) atoms. The van der Waals surface area contributed by atoms with E-state index in [1.165, 1.54) is 0 Å². The SMILES string of the molecule is COc1ccc(-c2cnc(OCC(=O)NCC(C)(Cc3ccc(Cl)c(Cl)c3)C3CCCN3)nc2)cc1OC. The fourth-order valence-corrected chi connectivity index (χ4v) is 5.06. The molecule has 10 heteroatoms. The van der Waals surface area contributed by atoms with E-state index in [1.54, 1.807) is 26.6 Å². The maximum absolute atomic E-state index is 12.7. The minimum Gasteiger partial charge on any atom is -0.493 e. The summed E-state index contributed by atoms with van der Waals surface area (Å²) < 4.78 is 16.2. The van der Waals surface area contributed by atoms with Gasteiger partial charge in [0.2, 0.25) is 0 Å². The molecule has 1 amide bonds. The number of hydrogen-bond donors (Lipinski definition) is 2. The summed E-state index contributed by atoms with van der Waals surface area (Å²) in [6.45, 7) is 3.44. The van der Waals surface area contributed by atoms with Crippen LogP contribution in [-0.4, -0.2) is 55.8 Å². The molecule has 0 bridgehead atoms. The molecule has 8 nitrogen and oxygen atoms in total. The van der Waals surface area contributed by atoms with E-state index in [2.05, 4.69) is 27.5 Å². The van der Waals surface area contributed by atoms with Gasteiger partial charge >= 0.3 is 6.01 Å². The summed E-state index contributed by atoms with van der Waals surface area (Å²) in [7, 11) is 3.17. The van der Waals surface area contributed by atoms with Crippen molar-refractivity contribution in [2.45, 2.75) is 32.2 Å². The third-order valence-electron chi connectivity index (χ3n) is 6.86. The van der Waals surface area contributed by atoms with Crippen LogP contribution in [-0.2, 0) is 11.2 Å². The third kappa shape index (κ3) is 6.87. The summed E-state index contributed by atoms with van der Waals surface area (Å²) in [6.07, 6.45) is 6.17. The lowest BCUT2D eigenvalue weighted by molar-refractivity contribution is -0.123. The Kier molecular flexibility index (Phi) is 9.31. The Morgan fingerprint density at radius 1 is 1.05 bits per heavy atom. The van der Waals surface area contributed by atoms with Crippen molar-refractivity contribution in [1.29, 1.82) is 0 Å². The van der Waals surface area contributed by atoms with Gasteiger partial charge in [0.05, 0.1) is 24.3 Å². The van der Waals surface area contributed by atoms with E-state index in [0.717, 1.165) is 42.5 Å². The summed E-state index contributed by atoms with van der Waals surface area (Å²) in [5.74, 6) is 1.01. The molecule has 1 aliphatic heterocycles. The minimum absolute atomic E-state index is 0.125. The van der Waals surface area contributed by atoms with E-state index in [-0.39, 0.29) is 30.0 Å². The zero-order valence-electron chi connectivity index (χ0n) is 21.7. The number of ether oxygens (including phenoxy) is 3. The lowest BCUT2D eigenvalue weighted by atomic mass is 9.76. The van der Waals surface area contributed by atoms with Crippen LogP contribution in [0.3, 0.4) is 0 Å². The highest BCUT2D eigenvalue weighted by Gasteiger charge is 2.36. The highest BCUT2D eigenvalue weighted by molar-refractivity contribution is 6.42. The van der Waals surface area contributed by atoms with Gasteiger partial charge in [0.15, 0.2) is 18.1 Å². The number of carbonyl (C=O) groups is 1. The second-order valence-electron chi connectivity index (χ2n) is 9.62. The molecule has 1 saturated heterocycles. The van der Waals surface area contributed by atoms with Crippen molar-refractivity contribution in [3.05, 3.63) is 64.4 Å². The number of nitrogens with zero attached hydrogens (tertiary/aromatic N) is 2. The minimum atomic E-state index is -0.240. The van der Waals surface area contributed by atoms with E-state index < -0.39 is 0 Å². The molecule has 202 valence electrons. The number of rotatable bonds is 11. The first-order valence-corrected chi connectivity index (χ1v) is 13.2. The van der Waals surface area contributed by atoms with Gasteiger partial charge in [0, 0.05) is 36.0 Å². The number of carbonyl (C=O) groups excluding carboxylic acids is 1. The monoisotopic (exact) mass is 558 g/mol. The molecule has 0 aliphatic carbocycles. The number of aromatic nitrogens is 2. The highest BCUT2D eigenvalue weighted by atomic mass is 35.5. The number of halogens is 2. The maximum Gasteiger partial charge on any atom is 0.316 e. The predicted molar refractivity (Wildman–Crippen MR) is 148 cm³/mol. The molecule has 3 aromatic rings. The van der Waals surface area contributed by atoms with Crippen molar-refractivity contribution >= 4 is 29.1 Å². The molecule has 1 aliphatic rings. The van der Waals surface area contributed by atoms with Crippen molar-refractivity contribution < 1.29 is 19.0 Å². The molecule has 2 heterocycles. The largest absolute Gasteiger partial charge is 0.493 e. The zero-order chi connectivity index (χ0) is 27.1. The lowest BCUT2D eigenvalue weighted by Crippen LogP contribution is -2.49. The van der Waals surface area contributed by atoms with E-state index in [9.17, 15) is 4.79 Å². The van der Waals surface area contributed by atoms with Crippen molar-refractivity contribution in [2.75, 3.05) is 33.9 Å². The van der Waals surface area contributed by atoms with Gasteiger partial charge in [-0.25, -0.2) is 9.97 Å². The Morgan fingerprint density at radius 2 is 1.82 bits per heavy atom. The van der Waals surface area contributed by atoms with Gasteiger partial charge in [-0.2, -0.15) is 0 Å². The van der Waals surface area contributed by atoms with Gasteiger partial charge in [0.1, 0.15) is 0 Å². The topological polar surface area (TPSA) is 94.6 Å². The standard InChI is InChI=1S/C28H32Cl2N4O4/c1-28(25-5-4-10-31-25,13-18-6-8-21(29)22(30)11-18)17-34-26(35)16-38-27-32-14-20(15-33-27)19-7-9-23(36-2)24(12-19)37-3/h6-9,11-12,14-15,25,31H,4-5,10,13,16-17H2,1-3H3,(H,34,35). The Hall–Kier alpha value is -3.07. The number of hydrogen-bond acceptors (Lipinski definition) is 7. The summed E-state index contributed by atoms with van der Waals surface area (Å²) >= 11 is 12.3. The first kappa shape index (κ1) is 28.0. The van der Waals surface area contributed by atoms with Crippen molar-refractivity contribution in [1.82, 2.24) is 20.6 Å². The van der Waals surface area contributed by atoms with Crippen LogP contribution in [0.4, 0.5) is 0 Å². The highest BCUT2D eigenvalue weighted by Crippen LogP contribution is 2.34. The number of benzene rings is 2. The maximum atomic E-state index is 12.7. The van der Waals surface area contributed by atoms with Gasteiger partial charge in [-0.05, 0) is 61.2 Å². The first-order chi connectivity index (χ1) is 18.3. The quantitative estimate of drug-likeness (QED) is 0.343. The smallest absolute Gasteiger partial charge is 0.316 e. The average Bonchev–Trinajstić information content (AvgIpc) is 3.49. The molecule has 1 aromatic heterocycles. The molecule has 2 aromatic carbocycles. The van der Waals surface area contributed by atoms with Gasteiger partial charge in [0.25, 0.3) is 5.91 Å². The normalized spacial score (nSPS) is 16.5. The predicted octanol–water partition coefficient (Wildman–Crippen LogP) is 4.96. The Balaban J connectivity index is 1.34. The van der Waals surface area contributed by atoms with Crippen LogP contribution in [0.15, 0.2) is 48.8 Å². The van der Waals surface area contributed by atoms with Gasteiger partial charge in [-0.15, -0.1) is 0 Å². The van der Waals surface area contributed by atoms with Crippen LogP contribution in [0.5, 0.6) is 17.5 Å². The van der Waals surface area contributed by atoms with E-state index >= 15 is 0 Å². The molecule has 1 fully saturated rings. The second kappa shape index (κ2) is 12.7. The Labute approximate surface area is 233 Å². The van der Waals surface area contributed by atoms with E-state index in [0.29, 0.717) is 28.1 Å². The summed E-state index contributed by atoms with van der Waals surface area (Å²) in [5, 5.41) is 7.67. The van der Waals surface area contributed by atoms with Crippen LogP contribution >= 0.6 is 23.2 Å². The Morgan fingerprint density at radius 3 is 2.47 bits per heavy atom. The molecule has 0 radical (unpaired) electrons. The average molecular weight is 559 g/mol. The summed E-state index contributed by atoms with van der Waals surface area (Å²) in [5.41, 5.74) is 2.50. The molecule has 2 atom stereocenters. The number of methoxy groups -OCH3 is 2. The number of nitrogens with one attached hydrogen (secondary N) is 2. The van der Waals surface area contributed by atoms with Crippen LogP contribution in [0.2, 0.25) is 10.0 Å². The first-order valence-electron chi connectivity index (χ1n) is 12.4. The van der Waals surface area contributed by atoms with Crippen molar-refractivity contribution in [2.24, 2.45) is 5.41 Å². The number of amides is 1. The van der Waals surface area contributed by atoms with Crippen LogP contribution in [0, 0.1) is 5.41 Å². The van der Waals surface area contributed by atoms with Crippen LogP contribution in [0.25, 0.3) is 11.1 Å². The fraction of sp³-hybridized carbons (Fsp3) is 0.393. The summed E-state index contributed by atoms with van der Waals surface area (Å²) in [4.78, 5) is 21.2. The fourth-order valence-electron chi connectivity index (χ4n) is 4.74. The molecular formula is C28H32Cl2N4O4. The van der Waals surface area contributed by atoms with Crippen molar-refractivity contribution in [3.8, 4) is 28.6 Å². The van der Waals surface area contributed by atoms with Gasteiger partial charge in [-0.3, -0.25) is 4.79 Å². The van der Waals surface area contributed by atoms with Gasteiger partial charge < -0.3 is 24.8 Å². The second-order valence-corrected chi connectivity index (χ2v) is 10.4. The molecular weight excluding hydrogens is 527 g/mol. The zero-order valence-corrected chi connectivity index (χ0v) is 23.2.